The first-order chi connectivity index (χ1) is 13.1. The molecule has 2 aromatic heterocycles. The van der Waals surface area contributed by atoms with Crippen LogP contribution in [0.4, 0.5) is 0 Å². The molecule has 0 bridgehead atoms. The van der Waals surface area contributed by atoms with Crippen LogP contribution in [0.1, 0.15) is 30.4 Å². The lowest BCUT2D eigenvalue weighted by Crippen LogP contribution is -2.43. The zero-order valence-electron chi connectivity index (χ0n) is 15.5. The number of pyridine rings is 1. The second-order valence-electron chi connectivity index (χ2n) is 7.69. The van der Waals surface area contributed by atoms with Gasteiger partial charge in [0.25, 0.3) is 0 Å². The molecule has 4 aromatic rings. The summed E-state index contributed by atoms with van der Waals surface area (Å²) in [6.07, 6.45) is 5.49. The lowest BCUT2D eigenvalue weighted by atomic mass is 9.72. The molecule has 1 saturated carbocycles. The van der Waals surface area contributed by atoms with Crippen molar-refractivity contribution in [1.82, 2.24) is 9.38 Å². The van der Waals surface area contributed by atoms with Crippen molar-refractivity contribution in [2.75, 3.05) is 0 Å². The van der Waals surface area contributed by atoms with Crippen molar-refractivity contribution >= 4 is 5.65 Å². The summed E-state index contributed by atoms with van der Waals surface area (Å²) >= 11 is 0. The molecule has 1 fully saturated rings. The SMILES string of the molecule is Cc1ccn2c(-c3ccccc3)c(-c3ccc(C4(N)CCC4)cc3)nc2c1. The first kappa shape index (κ1) is 16.3. The van der Waals surface area contributed by atoms with E-state index in [1.165, 1.54) is 23.1 Å². The van der Waals surface area contributed by atoms with Gasteiger partial charge < -0.3 is 5.73 Å². The Morgan fingerprint density at radius 2 is 1.67 bits per heavy atom. The number of imidazole rings is 1. The van der Waals surface area contributed by atoms with Gasteiger partial charge in [0.15, 0.2) is 0 Å². The molecule has 1 aliphatic rings. The first-order valence-corrected chi connectivity index (χ1v) is 9.58. The average molecular weight is 353 g/mol. The van der Waals surface area contributed by atoms with E-state index < -0.39 is 0 Å². The van der Waals surface area contributed by atoms with Crippen molar-refractivity contribution in [2.24, 2.45) is 5.73 Å². The molecule has 0 radical (unpaired) electrons. The molecule has 2 N–H and O–H groups in total. The molecule has 134 valence electrons. The highest BCUT2D eigenvalue weighted by atomic mass is 15.0. The maximum atomic E-state index is 6.49. The molecule has 0 atom stereocenters. The minimum atomic E-state index is -0.128. The van der Waals surface area contributed by atoms with Crippen LogP contribution in [0, 0.1) is 6.92 Å². The van der Waals surface area contributed by atoms with Gasteiger partial charge in [-0.3, -0.25) is 4.40 Å². The number of fused-ring (bicyclic) bond motifs is 1. The van der Waals surface area contributed by atoms with Crippen LogP contribution in [-0.4, -0.2) is 9.38 Å². The van der Waals surface area contributed by atoms with E-state index >= 15 is 0 Å². The van der Waals surface area contributed by atoms with Gasteiger partial charge in [-0.1, -0.05) is 54.6 Å². The van der Waals surface area contributed by atoms with E-state index in [-0.39, 0.29) is 5.54 Å². The Kier molecular flexibility index (Phi) is 3.66. The van der Waals surface area contributed by atoms with Gasteiger partial charge >= 0.3 is 0 Å². The van der Waals surface area contributed by atoms with E-state index in [0.717, 1.165) is 35.4 Å². The fourth-order valence-electron chi connectivity index (χ4n) is 4.03. The summed E-state index contributed by atoms with van der Waals surface area (Å²) in [5.74, 6) is 0. The number of hydrogen-bond donors (Lipinski definition) is 1. The predicted molar refractivity (Wildman–Crippen MR) is 111 cm³/mol. The molecule has 0 aliphatic heterocycles. The first-order valence-electron chi connectivity index (χ1n) is 9.58. The van der Waals surface area contributed by atoms with Crippen LogP contribution in [0.5, 0.6) is 0 Å². The minimum absolute atomic E-state index is 0.128. The number of nitrogens with zero attached hydrogens (tertiary/aromatic N) is 2. The van der Waals surface area contributed by atoms with Crippen LogP contribution in [0.2, 0.25) is 0 Å². The third kappa shape index (κ3) is 2.66. The van der Waals surface area contributed by atoms with E-state index in [0.29, 0.717) is 0 Å². The fraction of sp³-hybridized carbons (Fsp3) is 0.208. The zero-order valence-corrected chi connectivity index (χ0v) is 15.5. The Morgan fingerprint density at radius 3 is 2.33 bits per heavy atom. The van der Waals surface area contributed by atoms with E-state index in [1.54, 1.807) is 0 Å². The zero-order chi connectivity index (χ0) is 18.4. The van der Waals surface area contributed by atoms with Gasteiger partial charge in [0, 0.05) is 22.9 Å². The Balaban J connectivity index is 1.68. The molecule has 27 heavy (non-hydrogen) atoms. The summed E-state index contributed by atoms with van der Waals surface area (Å²) in [5.41, 5.74) is 14.2. The van der Waals surface area contributed by atoms with E-state index in [9.17, 15) is 0 Å². The highest BCUT2D eigenvalue weighted by Gasteiger charge is 2.34. The van der Waals surface area contributed by atoms with Crippen LogP contribution < -0.4 is 5.73 Å². The van der Waals surface area contributed by atoms with Crippen molar-refractivity contribution in [3.8, 4) is 22.5 Å². The smallest absolute Gasteiger partial charge is 0.138 e. The molecular weight excluding hydrogens is 330 g/mol. The van der Waals surface area contributed by atoms with Crippen LogP contribution >= 0.6 is 0 Å². The lowest BCUT2D eigenvalue weighted by molar-refractivity contribution is 0.253. The van der Waals surface area contributed by atoms with Gasteiger partial charge in [-0.05, 0) is 49.4 Å². The van der Waals surface area contributed by atoms with Crippen molar-refractivity contribution < 1.29 is 0 Å². The third-order valence-corrected chi connectivity index (χ3v) is 5.81. The molecule has 1 aliphatic carbocycles. The second kappa shape index (κ2) is 6.07. The van der Waals surface area contributed by atoms with Gasteiger partial charge in [0.1, 0.15) is 5.65 Å². The molecule has 5 rings (SSSR count). The monoisotopic (exact) mass is 353 g/mol. The van der Waals surface area contributed by atoms with Gasteiger partial charge in [-0.2, -0.15) is 0 Å². The molecule has 2 aromatic carbocycles. The standard InChI is InChI=1S/C24H23N3/c1-17-12-15-27-21(16-17)26-22(23(27)19-6-3-2-4-7-19)18-8-10-20(11-9-18)24(25)13-5-14-24/h2-4,6-12,15-16H,5,13-14,25H2,1H3. The Bertz CT molecular complexity index is 1100. The fourth-order valence-corrected chi connectivity index (χ4v) is 4.03. The molecule has 2 heterocycles. The Hall–Kier alpha value is -2.91. The summed E-state index contributed by atoms with van der Waals surface area (Å²) in [5, 5.41) is 0. The lowest BCUT2D eigenvalue weighted by Gasteiger charge is -2.38. The Labute approximate surface area is 159 Å². The molecule has 3 nitrogen and oxygen atoms in total. The molecule has 0 amide bonds. The average Bonchev–Trinajstić information content (AvgIpc) is 3.05. The number of aromatic nitrogens is 2. The van der Waals surface area contributed by atoms with E-state index in [1.807, 2.05) is 6.07 Å². The van der Waals surface area contributed by atoms with Crippen molar-refractivity contribution in [2.45, 2.75) is 31.7 Å². The highest BCUT2D eigenvalue weighted by Crippen LogP contribution is 2.40. The van der Waals surface area contributed by atoms with Crippen LogP contribution in [0.25, 0.3) is 28.2 Å². The maximum absolute atomic E-state index is 6.49. The maximum Gasteiger partial charge on any atom is 0.138 e. The number of hydrogen-bond acceptors (Lipinski definition) is 2. The number of benzene rings is 2. The summed E-state index contributed by atoms with van der Waals surface area (Å²) in [7, 11) is 0. The number of nitrogens with two attached hydrogens (primary N) is 1. The highest BCUT2D eigenvalue weighted by molar-refractivity contribution is 5.82. The Morgan fingerprint density at radius 1 is 0.926 bits per heavy atom. The van der Waals surface area contributed by atoms with Crippen molar-refractivity contribution in [3.63, 3.8) is 0 Å². The molecular formula is C24H23N3. The quantitative estimate of drug-likeness (QED) is 0.542. The largest absolute Gasteiger partial charge is 0.321 e. The third-order valence-electron chi connectivity index (χ3n) is 5.81. The van der Waals surface area contributed by atoms with Gasteiger partial charge in [-0.25, -0.2) is 4.98 Å². The van der Waals surface area contributed by atoms with Crippen molar-refractivity contribution in [3.05, 3.63) is 84.1 Å². The summed E-state index contributed by atoms with van der Waals surface area (Å²) < 4.78 is 2.18. The predicted octanol–water partition coefficient (Wildman–Crippen LogP) is 5.31. The second-order valence-corrected chi connectivity index (χ2v) is 7.69. The van der Waals surface area contributed by atoms with Gasteiger partial charge in [0.05, 0.1) is 11.4 Å². The number of aryl methyl sites for hydroxylation is 1. The van der Waals surface area contributed by atoms with E-state index in [4.69, 9.17) is 10.7 Å². The molecule has 3 heteroatoms. The topological polar surface area (TPSA) is 43.3 Å². The molecule has 0 unspecified atom stereocenters. The van der Waals surface area contributed by atoms with E-state index in [2.05, 4.69) is 78.2 Å². The summed E-state index contributed by atoms with van der Waals surface area (Å²) in [4.78, 5) is 4.98. The van der Waals surface area contributed by atoms with Crippen LogP contribution in [0.3, 0.4) is 0 Å². The van der Waals surface area contributed by atoms with Gasteiger partial charge in [-0.15, -0.1) is 0 Å². The number of rotatable bonds is 3. The molecule has 0 saturated heterocycles. The van der Waals surface area contributed by atoms with Crippen LogP contribution in [0.15, 0.2) is 72.9 Å². The van der Waals surface area contributed by atoms with Gasteiger partial charge in [0.2, 0.25) is 0 Å². The van der Waals surface area contributed by atoms with Crippen molar-refractivity contribution in [1.29, 1.82) is 0 Å². The molecule has 0 spiro atoms. The van der Waals surface area contributed by atoms with Crippen LogP contribution in [-0.2, 0) is 5.54 Å². The summed E-state index contributed by atoms with van der Waals surface area (Å²) in [6, 6.07) is 23.4. The normalized spacial score (nSPS) is 15.6. The summed E-state index contributed by atoms with van der Waals surface area (Å²) in [6.45, 7) is 2.10. The minimum Gasteiger partial charge on any atom is -0.321 e.